The number of aromatic nitrogens is 1. The van der Waals surface area contributed by atoms with E-state index >= 15 is 0 Å². The zero-order valence-electron chi connectivity index (χ0n) is 10.3. The third kappa shape index (κ3) is 2.00. The molecular formula is C12H15N3O3. The van der Waals surface area contributed by atoms with Gasteiger partial charge in [-0.2, -0.15) is 0 Å². The molecule has 2 unspecified atom stereocenters. The predicted octanol–water partition coefficient (Wildman–Crippen LogP) is -0.408. The molecule has 6 heteroatoms. The van der Waals surface area contributed by atoms with Gasteiger partial charge in [-0.05, 0) is 12.5 Å². The molecule has 0 radical (unpaired) electrons. The lowest BCUT2D eigenvalue weighted by Gasteiger charge is -2.29. The molecule has 0 spiro atoms. The van der Waals surface area contributed by atoms with Gasteiger partial charge in [0.2, 0.25) is 11.7 Å². The van der Waals surface area contributed by atoms with Crippen molar-refractivity contribution in [3.05, 3.63) is 23.9 Å². The Morgan fingerprint density at radius 2 is 2.39 bits per heavy atom. The number of carbonyl (C=O) groups excluding carboxylic acids is 2. The number of hydrogen-bond acceptors (Lipinski definition) is 6. The number of nitrogens with zero attached hydrogens (tertiary/aromatic N) is 1. The summed E-state index contributed by atoms with van der Waals surface area (Å²) in [6.45, 7) is 2.33. The van der Waals surface area contributed by atoms with E-state index in [-0.39, 0.29) is 0 Å². The summed E-state index contributed by atoms with van der Waals surface area (Å²) in [7, 11) is 1.54. The Balaban J connectivity index is 2.33. The Kier molecular flexibility index (Phi) is 3.40. The van der Waals surface area contributed by atoms with Crippen LogP contribution in [0, 0.1) is 0 Å². The largest absolute Gasteiger partial charge is 0.481 e. The van der Waals surface area contributed by atoms with Gasteiger partial charge in [0, 0.05) is 18.9 Å². The SMILES string of the molecule is COc1ccc(C2(C)NCNC2C(=O)C=O)cn1. The topological polar surface area (TPSA) is 80.3 Å². The molecule has 2 atom stereocenters. The fourth-order valence-electron chi connectivity index (χ4n) is 2.17. The number of ether oxygens (including phenoxy) is 1. The molecule has 1 fully saturated rings. The van der Waals surface area contributed by atoms with E-state index in [2.05, 4.69) is 15.6 Å². The van der Waals surface area contributed by atoms with Crippen LogP contribution in [-0.2, 0) is 15.1 Å². The van der Waals surface area contributed by atoms with Gasteiger partial charge < -0.3 is 4.74 Å². The second kappa shape index (κ2) is 4.83. The first-order chi connectivity index (χ1) is 8.61. The lowest BCUT2D eigenvalue weighted by molar-refractivity contribution is -0.131. The Labute approximate surface area is 105 Å². The van der Waals surface area contributed by atoms with Crippen molar-refractivity contribution < 1.29 is 14.3 Å². The lowest BCUT2D eigenvalue weighted by atomic mass is 9.85. The highest BCUT2D eigenvalue weighted by Gasteiger charge is 2.44. The second-order valence-corrected chi connectivity index (χ2v) is 4.30. The van der Waals surface area contributed by atoms with Crippen LogP contribution < -0.4 is 15.4 Å². The van der Waals surface area contributed by atoms with E-state index in [0.717, 1.165) is 5.56 Å². The fourth-order valence-corrected chi connectivity index (χ4v) is 2.17. The number of carbonyl (C=O) groups is 2. The molecule has 0 amide bonds. The minimum absolute atomic E-state index is 0.347. The van der Waals surface area contributed by atoms with Crippen molar-refractivity contribution in [2.45, 2.75) is 18.5 Å². The van der Waals surface area contributed by atoms with Crippen LogP contribution in [0.2, 0.25) is 0 Å². The summed E-state index contributed by atoms with van der Waals surface area (Å²) in [4.78, 5) is 26.4. The fraction of sp³-hybridized carbons (Fsp3) is 0.417. The Hall–Kier alpha value is -1.79. The van der Waals surface area contributed by atoms with Gasteiger partial charge in [0.1, 0.15) is 0 Å². The Morgan fingerprint density at radius 1 is 1.61 bits per heavy atom. The van der Waals surface area contributed by atoms with Crippen molar-refractivity contribution in [2.24, 2.45) is 0 Å². The van der Waals surface area contributed by atoms with E-state index < -0.39 is 17.4 Å². The maximum Gasteiger partial charge on any atom is 0.214 e. The van der Waals surface area contributed by atoms with E-state index in [1.165, 1.54) is 7.11 Å². The van der Waals surface area contributed by atoms with E-state index in [4.69, 9.17) is 4.74 Å². The Morgan fingerprint density at radius 3 is 2.94 bits per heavy atom. The molecule has 1 aliphatic rings. The number of pyridine rings is 1. The minimum Gasteiger partial charge on any atom is -0.481 e. The van der Waals surface area contributed by atoms with Gasteiger partial charge in [-0.25, -0.2) is 4.98 Å². The van der Waals surface area contributed by atoms with Crippen molar-refractivity contribution in [3.63, 3.8) is 0 Å². The van der Waals surface area contributed by atoms with Crippen LogP contribution in [0.4, 0.5) is 0 Å². The molecule has 1 aliphatic heterocycles. The number of nitrogens with one attached hydrogen (secondary N) is 2. The average molecular weight is 249 g/mol. The molecule has 2 N–H and O–H groups in total. The maximum atomic E-state index is 11.6. The van der Waals surface area contributed by atoms with Crippen molar-refractivity contribution >= 4 is 12.1 Å². The average Bonchev–Trinajstić information content (AvgIpc) is 2.81. The molecule has 1 aromatic rings. The highest BCUT2D eigenvalue weighted by molar-refractivity contribution is 6.28. The molecule has 96 valence electrons. The van der Waals surface area contributed by atoms with E-state index in [0.29, 0.717) is 18.8 Å². The zero-order valence-corrected chi connectivity index (χ0v) is 10.3. The van der Waals surface area contributed by atoms with Gasteiger partial charge in [-0.1, -0.05) is 6.07 Å². The molecule has 2 heterocycles. The molecule has 1 saturated heterocycles. The number of aldehydes is 1. The molecular weight excluding hydrogens is 234 g/mol. The third-order valence-electron chi connectivity index (χ3n) is 3.28. The predicted molar refractivity (Wildman–Crippen MR) is 64.1 cm³/mol. The molecule has 18 heavy (non-hydrogen) atoms. The van der Waals surface area contributed by atoms with Crippen LogP contribution in [0.25, 0.3) is 0 Å². The molecule has 1 aromatic heterocycles. The van der Waals surface area contributed by atoms with Crippen LogP contribution in [-0.4, -0.2) is 36.9 Å². The van der Waals surface area contributed by atoms with Crippen molar-refractivity contribution in [3.8, 4) is 5.88 Å². The lowest BCUT2D eigenvalue weighted by Crippen LogP contribution is -2.48. The van der Waals surface area contributed by atoms with E-state index in [9.17, 15) is 9.59 Å². The molecule has 6 nitrogen and oxygen atoms in total. The smallest absolute Gasteiger partial charge is 0.214 e. The van der Waals surface area contributed by atoms with Gasteiger partial charge in [-0.15, -0.1) is 0 Å². The molecule has 0 saturated carbocycles. The first kappa shape index (κ1) is 12.7. The zero-order chi connectivity index (χ0) is 13.2. The van der Waals surface area contributed by atoms with Gasteiger partial charge in [-0.3, -0.25) is 20.2 Å². The summed E-state index contributed by atoms with van der Waals surface area (Å²) in [6.07, 6.45) is 1.99. The molecule has 0 bridgehead atoms. The van der Waals surface area contributed by atoms with Crippen LogP contribution >= 0.6 is 0 Å². The standard InChI is InChI=1S/C12H15N3O3/c1-12(8-3-4-10(18-2)13-5-8)11(9(17)6-16)14-7-15-12/h3-6,11,14-15H,7H2,1-2H3. The number of hydrogen-bond donors (Lipinski definition) is 2. The summed E-state index contributed by atoms with van der Waals surface area (Å²) < 4.78 is 4.99. The van der Waals surface area contributed by atoms with Crippen LogP contribution in [0.15, 0.2) is 18.3 Å². The monoisotopic (exact) mass is 249 g/mol. The third-order valence-corrected chi connectivity index (χ3v) is 3.28. The van der Waals surface area contributed by atoms with Gasteiger partial charge >= 0.3 is 0 Å². The van der Waals surface area contributed by atoms with Crippen molar-refractivity contribution in [2.75, 3.05) is 13.8 Å². The molecule has 2 rings (SSSR count). The number of Topliss-reactive ketones (excluding diaryl/α,β-unsaturated/α-hetero) is 1. The van der Waals surface area contributed by atoms with Crippen LogP contribution in [0.1, 0.15) is 12.5 Å². The summed E-state index contributed by atoms with van der Waals surface area (Å²) in [5.74, 6) is 0.0323. The second-order valence-electron chi connectivity index (χ2n) is 4.30. The number of rotatable bonds is 4. The molecule has 0 aliphatic carbocycles. The van der Waals surface area contributed by atoms with Crippen molar-refractivity contribution in [1.82, 2.24) is 15.6 Å². The normalized spacial score (nSPS) is 26.9. The van der Waals surface area contributed by atoms with Crippen LogP contribution in [0.5, 0.6) is 5.88 Å². The quantitative estimate of drug-likeness (QED) is 0.558. The number of methoxy groups -OCH3 is 1. The van der Waals surface area contributed by atoms with Crippen LogP contribution in [0.3, 0.4) is 0 Å². The highest BCUT2D eigenvalue weighted by Crippen LogP contribution is 2.28. The van der Waals surface area contributed by atoms with Gasteiger partial charge in [0.15, 0.2) is 6.29 Å². The molecule has 0 aromatic carbocycles. The summed E-state index contributed by atoms with van der Waals surface area (Å²) >= 11 is 0. The highest BCUT2D eigenvalue weighted by atomic mass is 16.5. The first-order valence-electron chi connectivity index (χ1n) is 5.60. The van der Waals surface area contributed by atoms with E-state index in [1.54, 1.807) is 12.3 Å². The van der Waals surface area contributed by atoms with E-state index in [1.807, 2.05) is 13.0 Å². The first-order valence-corrected chi connectivity index (χ1v) is 5.60. The summed E-state index contributed by atoms with van der Waals surface area (Å²) in [6, 6.07) is 2.98. The van der Waals surface area contributed by atoms with Gasteiger partial charge in [0.05, 0.1) is 18.7 Å². The minimum atomic E-state index is -0.642. The maximum absolute atomic E-state index is 11.6. The Bertz CT molecular complexity index is 460. The van der Waals surface area contributed by atoms with Crippen molar-refractivity contribution in [1.29, 1.82) is 0 Å². The summed E-state index contributed by atoms with van der Waals surface area (Å²) in [5.41, 5.74) is 0.186. The number of ketones is 1. The summed E-state index contributed by atoms with van der Waals surface area (Å²) in [5, 5.41) is 6.15. The van der Waals surface area contributed by atoms with Gasteiger partial charge in [0.25, 0.3) is 0 Å².